The van der Waals surface area contributed by atoms with E-state index >= 15 is 0 Å². The molecule has 0 aliphatic rings. The van der Waals surface area contributed by atoms with E-state index < -0.39 is 21.9 Å². The SMILES string of the molecule is CC(C)Oc1ccc(C(=O)NNS(=O)(=O)c2ccc(C(=O)O)cc2)cc1. The molecule has 2 rings (SSSR count). The van der Waals surface area contributed by atoms with E-state index in [0.29, 0.717) is 5.75 Å². The summed E-state index contributed by atoms with van der Waals surface area (Å²) in [6.45, 7) is 3.75. The molecule has 0 saturated carbocycles. The van der Waals surface area contributed by atoms with Gasteiger partial charge < -0.3 is 9.84 Å². The topological polar surface area (TPSA) is 122 Å². The van der Waals surface area contributed by atoms with Crippen molar-refractivity contribution >= 4 is 21.9 Å². The summed E-state index contributed by atoms with van der Waals surface area (Å²) in [6.07, 6.45) is -0.00555. The number of aromatic carboxylic acids is 1. The average molecular weight is 378 g/mol. The summed E-state index contributed by atoms with van der Waals surface area (Å²) in [5.74, 6) is -1.22. The highest BCUT2D eigenvalue weighted by atomic mass is 32.2. The first-order valence-electron chi connectivity index (χ1n) is 7.61. The van der Waals surface area contributed by atoms with Gasteiger partial charge in [-0.2, -0.15) is 0 Å². The largest absolute Gasteiger partial charge is 0.491 e. The van der Waals surface area contributed by atoms with E-state index in [-0.39, 0.29) is 22.1 Å². The fourth-order valence-electron chi connectivity index (χ4n) is 1.98. The van der Waals surface area contributed by atoms with Crippen LogP contribution in [0, 0.1) is 0 Å². The molecule has 8 nitrogen and oxygen atoms in total. The summed E-state index contributed by atoms with van der Waals surface area (Å²) in [6, 6.07) is 10.8. The van der Waals surface area contributed by atoms with Gasteiger partial charge in [-0.25, -0.2) is 13.2 Å². The first-order valence-corrected chi connectivity index (χ1v) is 9.09. The molecule has 0 spiro atoms. The van der Waals surface area contributed by atoms with Crippen molar-refractivity contribution in [2.45, 2.75) is 24.8 Å². The minimum Gasteiger partial charge on any atom is -0.491 e. The molecule has 0 heterocycles. The van der Waals surface area contributed by atoms with Crippen LogP contribution in [-0.4, -0.2) is 31.5 Å². The molecular weight excluding hydrogens is 360 g/mol. The highest BCUT2D eigenvalue weighted by Gasteiger charge is 2.16. The molecule has 0 saturated heterocycles. The van der Waals surface area contributed by atoms with Crippen molar-refractivity contribution in [3.63, 3.8) is 0 Å². The summed E-state index contributed by atoms with van der Waals surface area (Å²) in [5.41, 5.74) is 2.30. The number of hydrogen-bond acceptors (Lipinski definition) is 5. The summed E-state index contributed by atoms with van der Waals surface area (Å²) in [4.78, 5) is 24.6. The quantitative estimate of drug-likeness (QED) is 0.632. The van der Waals surface area contributed by atoms with Gasteiger partial charge in [-0.3, -0.25) is 10.2 Å². The molecule has 0 aromatic heterocycles. The zero-order valence-electron chi connectivity index (χ0n) is 14.1. The number of amides is 1. The van der Waals surface area contributed by atoms with Crippen molar-refractivity contribution in [1.29, 1.82) is 0 Å². The molecule has 2 aromatic carbocycles. The summed E-state index contributed by atoms with van der Waals surface area (Å²) in [7, 11) is -4.03. The fourth-order valence-corrected chi connectivity index (χ4v) is 2.82. The number of hydrazine groups is 1. The lowest BCUT2D eigenvalue weighted by Crippen LogP contribution is -2.41. The maximum Gasteiger partial charge on any atom is 0.335 e. The molecule has 0 aliphatic carbocycles. The zero-order chi connectivity index (χ0) is 19.3. The van der Waals surface area contributed by atoms with Gasteiger partial charge in [-0.05, 0) is 62.4 Å². The lowest BCUT2D eigenvalue weighted by Gasteiger charge is -2.11. The van der Waals surface area contributed by atoms with Crippen molar-refractivity contribution in [3.8, 4) is 5.75 Å². The van der Waals surface area contributed by atoms with Gasteiger partial charge >= 0.3 is 5.97 Å². The third-order valence-corrected chi connectivity index (χ3v) is 4.46. The van der Waals surface area contributed by atoms with Gasteiger partial charge in [0, 0.05) is 5.56 Å². The van der Waals surface area contributed by atoms with E-state index in [2.05, 4.69) is 5.43 Å². The van der Waals surface area contributed by atoms with E-state index in [1.165, 1.54) is 12.1 Å². The standard InChI is InChI=1S/C17H18N2O6S/c1-11(2)25-14-7-3-12(4-8-14)16(20)18-19-26(23,24)15-9-5-13(6-10-15)17(21)22/h3-11,19H,1-2H3,(H,18,20)(H,21,22). The van der Waals surface area contributed by atoms with Crippen LogP contribution in [0.3, 0.4) is 0 Å². The second kappa shape index (κ2) is 7.98. The molecule has 0 aliphatic heterocycles. The smallest absolute Gasteiger partial charge is 0.335 e. The predicted molar refractivity (Wildman–Crippen MR) is 93.4 cm³/mol. The Morgan fingerprint density at radius 3 is 2.00 bits per heavy atom. The van der Waals surface area contributed by atoms with Crippen LogP contribution in [0.1, 0.15) is 34.6 Å². The molecule has 0 unspecified atom stereocenters. The average Bonchev–Trinajstić information content (AvgIpc) is 2.60. The molecule has 138 valence electrons. The van der Waals surface area contributed by atoms with Gasteiger partial charge in [0.15, 0.2) is 0 Å². The van der Waals surface area contributed by atoms with Gasteiger partial charge in [0.05, 0.1) is 16.6 Å². The van der Waals surface area contributed by atoms with Gasteiger partial charge in [-0.1, -0.05) is 0 Å². The first-order chi connectivity index (χ1) is 12.2. The Balaban J connectivity index is 2.02. The number of carboxylic acids is 1. The Kier molecular flexibility index (Phi) is 5.96. The fraction of sp³-hybridized carbons (Fsp3) is 0.176. The minimum atomic E-state index is -4.03. The highest BCUT2D eigenvalue weighted by Crippen LogP contribution is 2.14. The summed E-state index contributed by atoms with van der Waals surface area (Å²) < 4.78 is 29.7. The molecule has 0 fully saturated rings. The number of carboxylic acid groups (broad SMARTS) is 1. The second-order valence-corrected chi connectivity index (χ2v) is 7.26. The van der Waals surface area contributed by atoms with Crippen LogP contribution in [0.5, 0.6) is 5.75 Å². The number of sulfonamides is 1. The van der Waals surface area contributed by atoms with E-state index in [1.54, 1.807) is 12.1 Å². The van der Waals surface area contributed by atoms with Crippen LogP contribution in [-0.2, 0) is 10.0 Å². The Morgan fingerprint density at radius 2 is 1.50 bits per heavy atom. The van der Waals surface area contributed by atoms with Crippen LogP contribution in [0.25, 0.3) is 0 Å². The van der Waals surface area contributed by atoms with Crippen LogP contribution in [0.15, 0.2) is 53.4 Å². The second-order valence-electron chi connectivity index (χ2n) is 5.58. The molecular formula is C17H18N2O6S. The minimum absolute atomic E-state index is 0.00555. The van der Waals surface area contributed by atoms with E-state index in [9.17, 15) is 18.0 Å². The van der Waals surface area contributed by atoms with E-state index in [0.717, 1.165) is 24.3 Å². The normalized spacial score (nSPS) is 11.2. The van der Waals surface area contributed by atoms with Crippen LogP contribution < -0.4 is 15.0 Å². The number of ether oxygens (including phenoxy) is 1. The number of carbonyl (C=O) groups excluding carboxylic acids is 1. The van der Waals surface area contributed by atoms with Gasteiger partial charge in [0.2, 0.25) is 0 Å². The Hall–Kier alpha value is -2.91. The third-order valence-electron chi connectivity index (χ3n) is 3.20. The molecule has 0 atom stereocenters. The summed E-state index contributed by atoms with van der Waals surface area (Å²) >= 11 is 0. The number of carbonyl (C=O) groups is 2. The molecule has 0 radical (unpaired) electrons. The number of hydrogen-bond donors (Lipinski definition) is 3. The molecule has 1 amide bonds. The van der Waals surface area contributed by atoms with Gasteiger partial charge in [-0.15, -0.1) is 4.83 Å². The maximum atomic E-state index is 12.1. The van der Waals surface area contributed by atoms with Gasteiger partial charge in [0.25, 0.3) is 15.9 Å². The monoisotopic (exact) mass is 378 g/mol. The Labute approximate surface area is 150 Å². The van der Waals surface area contributed by atoms with Crippen molar-refractivity contribution in [1.82, 2.24) is 10.3 Å². The van der Waals surface area contributed by atoms with Crippen molar-refractivity contribution < 1.29 is 27.9 Å². The lowest BCUT2D eigenvalue weighted by molar-refractivity contribution is 0.0696. The maximum absolute atomic E-state index is 12.1. The molecule has 0 bridgehead atoms. The number of benzene rings is 2. The molecule has 2 aromatic rings. The third kappa shape index (κ3) is 5.04. The number of nitrogens with one attached hydrogen (secondary N) is 2. The Bertz CT molecular complexity index is 890. The molecule has 26 heavy (non-hydrogen) atoms. The van der Waals surface area contributed by atoms with Crippen molar-refractivity contribution in [2.24, 2.45) is 0 Å². The summed E-state index contributed by atoms with van der Waals surface area (Å²) in [5, 5.41) is 8.82. The highest BCUT2D eigenvalue weighted by molar-refractivity contribution is 7.89. The first kappa shape index (κ1) is 19.4. The van der Waals surface area contributed by atoms with Gasteiger partial charge in [0.1, 0.15) is 5.75 Å². The lowest BCUT2D eigenvalue weighted by atomic mass is 10.2. The van der Waals surface area contributed by atoms with Crippen LogP contribution in [0.4, 0.5) is 0 Å². The van der Waals surface area contributed by atoms with Crippen LogP contribution >= 0.6 is 0 Å². The van der Waals surface area contributed by atoms with Crippen molar-refractivity contribution in [3.05, 3.63) is 59.7 Å². The number of rotatable bonds is 7. The van der Waals surface area contributed by atoms with E-state index in [1.807, 2.05) is 18.7 Å². The molecule has 9 heteroatoms. The Morgan fingerprint density at radius 1 is 0.962 bits per heavy atom. The van der Waals surface area contributed by atoms with Crippen molar-refractivity contribution in [2.75, 3.05) is 0 Å². The van der Waals surface area contributed by atoms with Crippen LogP contribution in [0.2, 0.25) is 0 Å². The van der Waals surface area contributed by atoms with E-state index in [4.69, 9.17) is 9.84 Å². The zero-order valence-corrected chi connectivity index (χ0v) is 14.9. The molecule has 3 N–H and O–H groups in total. The predicted octanol–water partition coefficient (Wildman–Crippen LogP) is 1.80.